The third-order valence-electron chi connectivity index (χ3n) is 6.02. The highest BCUT2D eigenvalue weighted by atomic mass is 16.2. The van der Waals surface area contributed by atoms with E-state index in [1.165, 1.54) is 10.9 Å². The lowest BCUT2D eigenvalue weighted by atomic mass is 9.79. The van der Waals surface area contributed by atoms with Crippen molar-refractivity contribution < 1.29 is 9.59 Å². The Labute approximate surface area is 151 Å². The first-order valence-corrected chi connectivity index (χ1v) is 9.25. The molecule has 133 valence electrons. The lowest BCUT2D eigenvalue weighted by Gasteiger charge is -2.41. The minimum absolute atomic E-state index is 0.0896. The quantitative estimate of drug-likeness (QED) is 0.858. The number of hydrogen-bond donors (Lipinski definition) is 1. The molecule has 1 fully saturated rings. The van der Waals surface area contributed by atoms with Crippen LogP contribution >= 0.6 is 0 Å². The summed E-state index contributed by atoms with van der Waals surface area (Å²) in [7, 11) is 0. The van der Waals surface area contributed by atoms with Gasteiger partial charge < -0.3 is 14.8 Å². The van der Waals surface area contributed by atoms with Gasteiger partial charge in [-0.1, -0.05) is 18.2 Å². The molecule has 0 spiro atoms. The van der Waals surface area contributed by atoms with Crippen LogP contribution in [0, 0.1) is 5.92 Å². The van der Waals surface area contributed by atoms with Crippen LogP contribution in [0.1, 0.15) is 24.0 Å². The second-order valence-corrected chi connectivity index (χ2v) is 7.48. The van der Waals surface area contributed by atoms with Gasteiger partial charge in [0.15, 0.2) is 0 Å². The zero-order valence-electron chi connectivity index (χ0n) is 14.5. The van der Waals surface area contributed by atoms with Gasteiger partial charge in [-0.05, 0) is 42.0 Å². The number of nitrogens with one attached hydrogen (secondary N) is 2. The Hall–Kier alpha value is -2.76. The molecule has 0 bridgehead atoms. The first-order chi connectivity index (χ1) is 12.6. The summed E-state index contributed by atoms with van der Waals surface area (Å²) < 4.78 is 0. The Bertz CT molecular complexity index is 938. The molecule has 26 heavy (non-hydrogen) atoms. The van der Waals surface area contributed by atoms with E-state index < -0.39 is 6.03 Å². The summed E-state index contributed by atoms with van der Waals surface area (Å²) in [5, 5.41) is 1.18. The molecule has 6 heteroatoms. The standard InChI is InChI=1S/C20H21N4O2/c21-20(26)24-11-13(19(25)23-6-1-2-7-23)8-15-14-4-3-5-16-18(14)12(10-22-16)9-17(15)24/h3-5,8,10,13,17,21-22H,1-2,6-7,9,11H2/t13?,17-/m1/s1. The number of carbonyl (C=O) groups is 2. The summed E-state index contributed by atoms with van der Waals surface area (Å²) in [5.41, 5.74) is 12.1. The van der Waals surface area contributed by atoms with Gasteiger partial charge in [0.05, 0.1) is 12.0 Å². The number of aromatic amines is 1. The molecule has 3 amide bonds. The summed E-state index contributed by atoms with van der Waals surface area (Å²) in [6.07, 6.45) is 6.85. The van der Waals surface area contributed by atoms with Crippen LogP contribution in [-0.4, -0.2) is 52.4 Å². The molecule has 5 rings (SSSR count). The van der Waals surface area contributed by atoms with Gasteiger partial charge in [-0.15, -0.1) is 0 Å². The molecule has 1 unspecified atom stereocenters. The number of rotatable bonds is 1. The van der Waals surface area contributed by atoms with E-state index in [1.807, 2.05) is 23.2 Å². The van der Waals surface area contributed by atoms with Gasteiger partial charge in [-0.25, -0.2) is 10.5 Å². The van der Waals surface area contributed by atoms with E-state index in [0.29, 0.717) is 13.0 Å². The first kappa shape index (κ1) is 15.5. The second-order valence-electron chi connectivity index (χ2n) is 7.48. The molecule has 6 nitrogen and oxygen atoms in total. The third-order valence-corrected chi connectivity index (χ3v) is 6.02. The van der Waals surface area contributed by atoms with Crippen molar-refractivity contribution in [1.82, 2.24) is 20.5 Å². The van der Waals surface area contributed by atoms with Crippen LogP contribution in [0.15, 0.2) is 30.5 Å². The highest BCUT2D eigenvalue weighted by Gasteiger charge is 2.40. The number of hydrogen-bond acceptors (Lipinski definition) is 2. The Kier molecular flexibility index (Phi) is 3.35. The Morgan fingerprint density at radius 3 is 2.77 bits per heavy atom. The number of urea groups is 1. The molecule has 1 radical (unpaired) electrons. The van der Waals surface area contributed by atoms with Crippen molar-refractivity contribution >= 4 is 28.4 Å². The zero-order chi connectivity index (χ0) is 17.8. The van der Waals surface area contributed by atoms with E-state index in [-0.39, 0.29) is 17.9 Å². The molecule has 2 atom stereocenters. The highest BCUT2D eigenvalue weighted by molar-refractivity contribution is 6.00. The van der Waals surface area contributed by atoms with Crippen LogP contribution in [0.4, 0.5) is 4.79 Å². The maximum absolute atomic E-state index is 13.0. The highest BCUT2D eigenvalue weighted by Crippen LogP contribution is 2.41. The molecule has 2 N–H and O–H groups in total. The summed E-state index contributed by atoms with van der Waals surface area (Å²) in [4.78, 5) is 31.8. The van der Waals surface area contributed by atoms with Gasteiger partial charge >= 0.3 is 6.03 Å². The molecule has 3 aliphatic rings. The molecule has 1 aliphatic carbocycles. The predicted octanol–water partition coefficient (Wildman–Crippen LogP) is 2.43. The summed E-state index contributed by atoms with van der Waals surface area (Å²) in [6.45, 7) is 1.91. The number of amides is 3. The number of aromatic nitrogens is 1. The number of likely N-dealkylation sites (tertiary alicyclic amines) is 1. The Morgan fingerprint density at radius 1 is 1.19 bits per heavy atom. The van der Waals surface area contributed by atoms with E-state index in [2.05, 4.69) is 17.1 Å². The number of H-pyrrole nitrogens is 1. The number of carbonyl (C=O) groups excluding carboxylic acids is 2. The molecular weight excluding hydrogens is 328 g/mol. The predicted molar refractivity (Wildman–Crippen MR) is 98.3 cm³/mol. The lowest BCUT2D eigenvalue weighted by Crippen LogP contribution is -2.51. The molecule has 3 heterocycles. The van der Waals surface area contributed by atoms with Crippen molar-refractivity contribution in [3.8, 4) is 0 Å². The molecular formula is C20H21N4O2. The summed E-state index contributed by atoms with van der Waals surface area (Å²) in [5.74, 6) is -0.267. The van der Waals surface area contributed by atoms with Gasteiger partial charge in [-0.3, -0.25) is 4.79 Å². The van der Waals surface area contributed by atoms with E-state index >= 15 is 0 Å². The molecule has 1 saturated heterocycles. The topological polar surface area (TPSA) is 80.2 Å². The van der Waals surface area contributed by atoms with Crippen LogP contribution in [0.25, 0.3) is 16.5 Å². The second kappa shape index (κ2) is 5.62. The smallest absolute Gasteiger partial charge is 0.336 e. The van der Waals surface area contributed by atoms with Crippen LogP contribution in [0.2, 0.25) is 0 Å². The number of nitrogens with zero attached hydrogens (tertiary/aromatic N) is 2. The third kappa shape index (κ3) is 2.18. The fraction of sp³-hybridized carbons (Fsp3) is 0.400. The minimum atomic E-state index is -0.703. The van der Waals surface area contributed by atoms with E-state index in [4.69, 9.17) is 5.73 Å². The molecule has 2 aliphatic heterocycles. The number of fused-ring (bicyclic) bond motifs is 2. The lowest BCUT2D eigenvalue weighted by molar-refractivity contribution is -0.133. The Balaban J connectivity index is 1.62. The van der Waals surface area contributed by atoms with Crippen molar-refractivity contribution in [3.05, 3.63) is 41.6 Å². The van der Waals surface area contributed by atoms with Gasteiger partial charge in [0.25, 0.3) is 0 Å². The average molecular weight is 349 g/mol. The van der Waals surface area contributed by atoms with Crippen LogP contribution < -0.4 is 5.73 Å². The van der Waals surface area contributed by atoms with Crippen molar-refractivity contribution in [2.75, 3.05) is 19.6 Å². The number of benzene rings is 1. The normalized spacial score (nSPS) is 24.5. The largest absolute Gasteiger partial charge is 0.361 e. The van der Waals surface area contributed by atoms with Gasteiger partial charge in [0, 0.05) is 36.7 Å². The van der Waals surface area contributed by atoms with E-state index in [1.54, 1.807) is 4.90 Å². The van der Waals surface area contributed by atoms with Crippen LogP contribution in [-0.2, 0) is 11.2 Å². The summed E-state index contributed by atoms with van der Waals surface area (Å²) >= 11 is 0. The minimum Gasteiger partial charge on any atom is -0.361 e. The van der Waals surface area contributed by atoms with Crippen LogP contribution in [0.5, 0.6) is 0 Å². The van der Waals surface area contributed by atoms with Gasteiger partial charge in [0.2, 0.25) is 5.91 Å². The van der Waals surface area contributed by atoms with Crippen molar-refractivity contribution in [2.45, 2.75) is 25.3 Å². The summed E-state index contributed by atoms with van der Waals surface area (Å²) in [6, 6.07) is 5.25. The average Bonchev–Trinajstić information content (AvgIpc) is 3.31. The fourth-order valence-corrected chi connectivity index (χ4v) is 4.79. The SMILES string of the molecule is [NH]C(=O)N1CC(C(=O)N2CCCC2)C=C2c3cccc4[nH]cc(c34)C[C@H]21. The monoisotopic (exact) mass is 349 g/mol. The van der Waals surface area contributed by atoms with Crippen LogP contribution in [0.3, 0.4) is 0 Å². The molecule has 0 saturated carbocycles. The fourth-order valence-electron chi connectivity index (χ4n) is 4.79. The zero-order valence-corrected chi connectivity index (χ0v) is 14.5. The maximum Gasteiger partial charge on any atom is 0.336 e. The van der Waals surface area contributed by atoms with Crippen molar-refractivity contribution in [1.29, 1.82) is 0 Å². The van der Waals surface area contributed by atoms with E-state index in [0.717, 1.165) is 42.6 Å². The maximum atomic E-state index is 13.0. The van der Waals surface area contributed by atoms with E-state index in [9.17, 15) is 9.59 Å². The molecule has 1 aromatic heterocycles. The molecule has 2 aromatic rings. The van der Waals surface area contributed by atoms with Crippen molar-refractivity contribution in [3.63, 3.8) is 0 Å². The Morgan fingerprint density at radius 2 is 2.00 bits per heavy atom. The van der Waals surface area contributed by atoms with Gasteiger partial charge in [0.1, 0.15) is 0 Å². The van der Waals surface area contributed by atoms with Crippen molar-refractivity contribution in [2.24, 2.45) is 5.92 Å². The van der Waals surface area contributed by atoms with Gasteiger partial charge in [-0.2, -0.15) is 0 Å². The molecule has 1 aromatic carbocycles. The first-order valence-electron chi connectivity index (χ1n) is 9.25.